The minimum absolute atomic E-state index is 0.163. The SMILES string of the molecule is Cc1ccc(NC(=O)Cn2c(=O)/c(=C\c3ccc(N(C)C)cc3)s/c2=C/C#N)cc1. The number of nitrogens with zero attached hydrogens (tertiary/aromatic N) is 3. The first-order valence-corrected chi connectivity index (χ1v) is 10.1. The van der Waals surface area contributed by atoms with Gasteiger partial charge in [0.15, 0.2) is 0 Å². The van der Waals surface area contributed by atoms with Gasteiger partial charge in [0.25, 0.3) is 5.56 Å². The third-order valence-electron chi connectivity index (χ3n) is 4.47. The number of amides is 1. The van der Waals surface area contributed by atoms with E-state index in [9.17, 15) is 9.59 Å². The summed E-state index contributed by atoms with van der Waals surface area (Å²) in [4.78, 5) is 27.4. The fourth-order valence-electron chi connectivity index (χ4n) is 2.85. The highest BCUT2D eigenvalue weighted by atomic mass is 32.1. The number of benzene rings is 2. The average molecular weight is 419 g/mol. The third kappa shape index (κ3) is 5.04. The van der Waals surface area contributed by atoms with Crippen molar-refractivity contribution in [3.8, 4) is 6.07 Å². The van der Waals surface area contributed by atoms with Gasteiger partial charge in [-0.05, 0) is 42.8 Å². The number of carbonyl (C=O) groups is 1. The number of carbonyl (C=O) groups excluding carboxylic acids is 1. The van der Waals surface area contributed by atoms with Crippen molar-refractivity contribution in [3.05, 3.63) is 79.2 Å². The van der Waals surface area contributed by atoms with Crippen LogP contribution in [0.1, 0.15) is 11.1 Å². The van der Waals surface area contributed by atoms with Gasteiger partial charge in [-0.1, -0.05) is 29.8 Å². The Bertz CT molecular complexity index is 1260. The molecular weight excluding hydrogens is 396 g/mol. The van der Waals surface area contributed by atoms with Crippen molar-refractivity contribution in [2.75, 3.05) is 24.3 Å². The molecule has 6 nitrogen and oxygen atoms in total. The first kappa shape index (κ1) is 21.1. The van der Waals surface area contributed by atoms with E-state index in [1.807, 2.05) is 80.5 Å². The number of anilines is 2. The summed E-state index contributed by atoms with van der Waals surface area (Å²) in [6, 6.07) is 17.2. The highest BCUT2D eigenvalue weighted by Gasteiger charge is 2.10. The smallest absolute Gasteiger partial charge is 0.269 e. The van der Waals surface area contributed by atoms with E-state index >= 15 is 0 Å². The van der Waals surface area contributed by atoms with Gasteiger partial charge in [0.2, 0.25) is 5.91 Å². The van der Waals surface area contributed by atoms with Crippen molar-refractivity contribution in [2.24, 2.45) is 0 Å². The van der Waals surface area contributed by atoms with Gasteiger partial charge in [-0.2, -0.15) is 5.26 Å². The molecule has 0 radical (unpaired) electrons. The van der Waals surface area contributed by atoms with Crippen LogP contribution in [0, 0.1) is 18.3 Å². The summed E-state index contributed by atoms with van der Waals surface area (Å²) in [5.41, 5.74) is 3.39. The maximum Gasteiger partial charge on any atom is 0.269 e. The lowest BCUT2D eigenvalue weighted by atomic mass is 10.2. The molecule has 3 aromatic rings. The van der Waals surface area contributed by atoms with Gasteiger partial charge in [-0.3, -0.25) is 14.2 Å². The second-order valence-corrected chi connectivity index (χ2v) is 8.08. The van der Waals surface area contributed by atoms with Crippen LogP contribution in [0.5, 0.6) is 0 Å². The van der Waals surface area contributed by atoms with E-state index in [1.54, 1.807) is 6.08 Å². The third-order valence-corrected chi connectivity index (χ3v) is 5.53. The molecule has 0 unspecified atom stereocenters. The van der Waals surface area contributed by atoms with Crippen LogP contribution in [0.4, 0.5) is 11.4 Å². The van der Waals surface area contributed by atoms with E-state index in [2.05, 4.69) is 5.32 Å². The van der Waals surface area contributed by atoms with Crippen LogP contribution in [0.15, 0.2) is 53.3 Å². The normalized spacial score (nSPS) is 11.9. The largest absolute Gasteiger partial charge is 0.378 e. The van der Waals surface area contributed by atoms with Gasteiger partial charge in [0.1, 0.15) is 11.2 Å². The molecule has 7 heteroatoms. The quantitative estimate of drug-likeness (QED) is 0.688. The molecule has 0 saturated carbocycles. The Hall–Kier alpha value is -3.63. The van der Waals surface area contributed by atoms with E-state index in [4.69, 9.17) is 5.26 Å². The zero-order chi connectivity index (χ0) is 21.7. The zero-order valence-corrected chi connectivity index (χ0v) is 17.9. The van der Waals surface area contributed by atoms with Crippen LogP contribution < -0.4 is 25.0 Å². The lowest BCUT2D eigenvalue weighted by molar-refractivity contribution is -0.116. The number of nitriles is 1. The molecule has 0 aliphatic carbocycles. The van der Waals surface area contributed by atoms with Crippen molar-refractivity contribution in [1.82, 2.24) is 4.57 Å². The lowest BCUT2D eigenvalue weighted by Crippen LogP contribution is -2.35. The first-order valence-electron chi connectivity index (χ1n) is 9.32. The molecule has 0 saturated heterocycles. The molecule has 0 aliphatic heterocycles. The second-order valence-electron chi connectivity index (χ2n) is 7.01. The maximum absolute atomic E-state index is 12.9. The van der Waals surface area contributed by atoms with E-state index in [0.717, 1.165) is 16.8 Å². The molecule has 3 rings (SSSR count). The Morgan fingerprint density at radius 3 is 2.43 bits per heavy atom. The van der Waals surface area contributed by atoms with Gasteiger partial charge >= 0.3 is 0 Å². The number of hydrogen-bond donors (Lipinski definition) is 1. The molecular formula is C23H22N4O2S. The fraction of sp³-hybridized carbons (Fsp3) is 0.174. The zero-order valence-electron chi connectivity index (χ0n) is 17.0. The molecule has 1 aromatic heterocycles. The van der Waals surface area contributed by atoms with Crippen LogP contribution >= 0.6 is 11.3 Å². The minimum Gasteiger partial charge on any atom is -0.378 e. The van der Waals surface area contributed by atoms with Crippen molar-refractivity contribution < 1.29 is 4.79 Å². The number of hydrogen-bond acceptors (Lipinski definition) is 5. The Labute approximate surface area is 178 Å². The highest BCUT2D eigenvalue weighted by molar-refractivity contribution is 7.07. The highest BCUT2D eigenvalue weighted by Crippen LogP contribution is 2.12. The lowest BCUT2D eigenvalue weighted by Gasteiger charge is -2.11. The summed E-state index contributed by atoms with van der Waals surface area (Å²) in [5, 5.41) is 11.9. The second kappa shape index (κ2) is 9.25. The molecule has 0 bridgehead atoms. The van der Waals surface area contributed by atoms with Crippen LogP contribution in [0.2, 0.25) is 0 Å². The maximum atomic E-state index is 12.9. The number of aryl methyl sites for hydroxylation is 1. The summed E-state index contributed by atoms with van der Waals surface area (Å²) < 4.78 is 2.24. The molecule has 1 N–H and O–H groups in total. The number of rotatable bonds is 5. The molecule has 0 fully saturated rings. The van der Waals surface area contributed by atoms with E-state index in [1.165, 1.54) is 22.0 Å². The van der Waals surface area contributed by atoms with E-state index in [0.29, 0.717) is 14.9 Å². The topological polar surface area (TPSA) is 78.1 Å². The Morgan fingerprint density at radius 1 is 1.17 bits per heavy atom. The van der Waals surface area contributed by atoms with Crippen LogP contribution in [-0.2, 0) is 11.3 Å². The number of thiazole rings is 1. The average Bonchev–Trinajstić information content (AvgIpc) is 2.99. The summed E-state index contributed by atoms with van der Waals surface area (Å²) in [6.07, 6.45) is 3.06. The molecule has 0 atom stereocenters. The fourth-order valence-corrected chi connectivity index (χ4v) is 3.84. The Balaban J connectivity index is 1.91. The van der Waals surface area contributed by atoms with Gasteiger partial charge in [-0.25, -0.2) is 0 Å². The van der Waals surface area contributed by atoms with Crippen molar-refractivity contribution in [2.45, 2.75) is 13.5 Å². The number of aromatic nitrogens is 1. The summed E-state index contributed by atoms with van der Waals surface area (Å²) in [7, 11) is 3.92. The van der Waals surface area contributed by atoms with Gasteiger partial charge in [0, 0.05) is 31.5 Å². The van der Waals surface area contributed by atoms with Crippen molar-refractivity contribution in [1.29, 1.82) is 5.26 Å². The van der Waals surface area contributed by atoms with Crippen LogP contribution in [0.25, 0.3) is 12.2 Å². The predicted octanol–water partition coefficient (Wildman–Crippen LogP) is 2.06. The van der Waals surface area contributed by atoms with Crippen LogP contribution in [0.3, 0.4) is 0 Å². The van der Waals surface area contributed by atoms with E-state index < -0.39 is 0 Å². The first-order chi connectivity index (χ1) is 14.4. The summed E-state index contributed by atoms with van der Waals surface area (Å²) >= 11 is 1.19. The Kier molecular flexibility index (Phi) is 6.50. The minimum atomic E-state index is -0.326. The summed E-state index contributed by atoms with van der Waals surface area (Å²) in [6.45, 7) is 1.80. The molecule has 2 aromatic carbocycles. The monoisotopic (exact) mass is 418 g/mol. The van der Waals surface area contributed by atoms with Crippen LogP contribution in [-0.4, -0.2) is 24.6 Å². The molecule has 152 valence electrons. The number of nitrogens with one attached hydrogen (secondary N) is 1. The molecule has 0 spiro atoms. The Morgan fingerprint density at radius 2 is 1.83 bits per heavy atom. The van der Waals surface area contributed by atoms with E-state index in [-0.39, 0.29) is 18.0 Å². The van der Waals surface area contributed by atoms with Gasteiger partial charge in [-0.15, -0.1) is 11.3 Å². The van der Waals surface area contributed by atoms with Gasteiger partial charge < -0.3 is 10.2 Å². The van der Waals surface area contributed by atoms with Crippen molar-refractivity contribution in [3.63, 3.8) is 0 Å². The molecule has 1 amide bonds. The van der Waals surface area contributed by atoms with Crippen molar-refractivity contribution >= 4 is 40.8 Å². The standard InChI is InChI=1S/C23H22N4O2S/c1-16-4-8-18(9-5-16)25-21(28)15-27-22(12-13-24)30-20(23(27)29)14-17-6-10-19(11-7-17)26(2)3/h4-12,14H,15H2,1-3H3,(H,25,28)/b20-14+,22-12+. The molecule has 0 aliphatic rings. The molecule has 1 heterocycles. The van der Waals surface area contributed by atoms with Gasteiger partial charge in [0.05, 0.1) is 10.6 Å². The molecule has 30 heavy (non-hydrogen) atoms. The predicted molar refractivity (Wildman–Crippen MR) is 122 cm³/mol. The summed E-state index contributed by atoms with van der Waals surface area (Å²) in [5.74, 6) is -0.326.